The number of benzene rings is 1. The second-order valence-corrected chi connectivity index (χ2v) is 8.65. The van der Waals surface area contributed by atoms with Crippen molar-refractivity contribution < 1.29 is 9.53 Å². The minimum absolute atomic E-state index is 0.0289. The highest BCUT2D eigenvalue weighted by Crippen LogP contribution is 2.42. The molecule has 1 aliphatic heterocycles. The van der Waals surface area contributed by atoms with Gasteiger partial charge in [-0.1, -0.05) is 30.8 Å². The molecule has 29 heavy (non-hydrogen) atoms. The molecular formula is C24H24N2O2S. The number of hydrogen-bond donors (Lipinski definition) is 0. The van der Waals surface area contributed by atoms with Gasteiger partial charge in [0, 0.05) is 33.5 Å². The molecular weight excluding hydrogens is 380 g/mol. The fourth-order valence-corrected chi connectivity index (χ4v) is 5.17. The second kappa shape index (κ2) is 7.84. The first-order chi connectivity index (χ1) is 14.0. The average Bonchev–Trinajstić information content (AvgIpc) is 3.12. The Hall–Kier alpha value is -2.92. The lowest BCUT2D eigenvalue weighted by Gasteiger charge is -2.33. The summed E-state index contributed by atoms with van der Waals surface area (Å²) < 4.78 is 5.59. The molecule has 1 atom stereocenters. The summed E-state index contributed by atoms with van der Waals surface area (Å²) in [6, 6.07) is 14.7. The Morgan fingerprint density at radius 1 is 1.21 bits per heavy atom. The van der Waals surface area contributed by atoms with Crippen LogP contribution in [-0.4, -0.2) is 29.4 Å². The molecule has 0 N–H and O–H groups in total. The van der Waals surface area contributed by atoms with Gasteiger partial charge in [-0.05, 0) is 54.8 Å². The molecule has 1 aromatic carbocycles. The Kier molecular flexibility index (Phi) is 5.24. The smallest absolute Gasteiger partial charge is 0.246 e. The number of pyridine rings is 1. The van der Waals surface area contributed by atoms with Crippen LogP contribution >= 0.6 is 11.3 Å². The molecule has 0 fully saturated rings. The molecule has 0 radical (unpaired) electrons. The van der Waals surface area contributed by atoms with Crippen molar-refractivity contribution in [1.82, 2.24) is 9.88 Å². The second-order valence-electron chi connectivity index (χ2n) is 7.31. The van der Waals surface area contributed by atoms with Crippen molar-refractivity contribution in [1.29, 1.82) is 0 Å². The van der Waals surface area contributed by atoms with Crippen LogP contribution in [0.1, 0.15) is 32.5 Å². The van der Waals surface area contributed by atoms with E-state index in [1.807, 2.05) is 24.0 Å². The lowest BCUT2D eigenvalue weighted by Crippen LogP contribution is -2.37. The van der Waals surface area contributed by atoms with Crippen LogP contribution in [0.25, 0.3) is 11.1 Å². The number of ether oxygens (including phenoxy) is 1. The number of carbonyl (C=O) groups is 1. The minimum atomic E-state index is -0.0289. The van der Waals surface area contributed by atoms with E-state index in [9.17, 15) is 4.79 Å². The van der Waals surface area contributed by atoms with Gasteiger partial charge >= 0.3 is 0 Å². The Bertz CT molecular complexity index is 1090. The molecule has 1 aliphatic rings. The molecule has 1 amide bonds. The van der Waals surface area contributed by atoms with Gasteiger partial charge in [0.1, 0.15) is 0 Å². The maximum absolute atomic E-state index is 12.4. The third-order valence-corrected chi connectivity index (χ3v) is 6.43. The highest BCUT2D eigenvalue weighted by molar-refractivity contribution is 7.12. The first kappa shape index (κ1) is 19.4. The summed E-state index contributed by atoms with van der Waals surface area (Å²) in [5, 5.41) is 0. The van der Waals surface area contributed by atoms with Gasteiger partial charge in [0.05, 0.1) is 13.7 Å². The molecule has 0 saturated carbocycles. The van der Waals surface area contributed by atoms with Crippen molar-refractivity contribution >= 4 is 17.2 Å². The van der Waals surface area contributed by atoms with Crippen LogP contribution < -0.4 is 4.74 Å². The van der Waals surface area contributed by atoms with Crippen LogP contribution in [0.3, 0.4) is 0 Å². The van der Waals surface area contributed by atoms with Crippen molar-refractivity contribution in [2.75, 3.05) is 13.7 Å². The SMILES string of the molecule is C=CC(=O)N1Cc2sc(C)cc2[C@H](c2ccccc2-c2ccc(C)nc2OC)C1. The molecule has 0 bridgehead atoms. The predicted octanol–water partition coefficient (Wildman–Crippen LogP) is 5.10. The van der Waals surface area contributed by atoms with Gasteiger partial charge in [-0.3, -0.25) is 4.79 Å². The van der Waals surface area contributed by atoms with Crippen molar-refractivity contribution in [3.05, 3.63) is 81.7 Å². The highest BCUT2D eigenvalue weighted by atomic mass is 32.1. The Labute approximate surface area is 175 Å². The summed E-state index contributed by atoms with van der Waals surface area (Å²) in [5.74, 6) is 0.683. The van der Waals surface area contributed by atoms with Crippen molar-refractivity contribution in [2.24, 2.45) is 0 Å². The van der Waals surface area contributed by atoms with Crippen LogP contribution in [0.15, 0.2) is 55.1 Å². The summed E-state index contributed by atoms with van der Waals surface area (Å²) in [5.41, 5.74) is 5.46. The summed E-state index contributed by atoms with van der Waals surface area (Å²) in [6.07, 6.45) is 1.40. The van der Waals surface area contributed by atoms with E-state index < -0.39 is 0 Å². The normalized spacial score (nSPS) is 15.7. The Morgan fingerprint density at radius 2 is 2.00 bits per heavy atom. The van der Waals surface area contributed by atoms with Crippen LogP contribution in [0.5, 0.6) is 5.88 Å². The molecule has 2 aromatic heterocycles. The number of aromatic nitrogens is 1. The molecule has 3 aromatic rings. The monoisotopic (exact) mass is 404 g/mol. The van der Waals surface area contributed by atoms with Gasteiger partial charge in [-0.15, -0.1) is 11.3 Å². The molecule has 0 aliphatic carbocycles. The first-order valence-corrected chi connectivity index (χ1v) is 10.4. The largest absolute Gasteiger partial charge is 0.481 e. The minimum Gasteiger partial charge on any atom is -0.481 e. The van der Waals surface area contributed by atoms with Gasteiger partial charge in [-0.25, -0.2) is 4.98 Å². The third kappa shape index (κ3) is 3.58. The first-order valence-electron chi connectivity index (χ1n) is 9.63. The van der Waals surface area contributed by atoms with Crippen LogP contribution in [0.4, 0.5) is 0 Å². The fourth-order valence-electron chi connectivity index (χ4n) is 4.06. The summed E-state index contributed by atoms with van der Waals surface area (Å²) in [7, 11) is 1.65. The number of nitrogens with zero attached hydrogens (tertiary/aromatic N) is 2. The molecule has 148 valence electrons. The number of amides is 1. The quantitative estimate of drug-likeness (QED) is 0.569. The zero-order valence-corrected chi connectivity index (χ0v) is 17.8. The number of carbonyl (C=O) groups excluding carboxylic acids is 1. The molecule has 4 rings (SSSR count). The number of hydrogen-bond acceptors (Lipinski definition) is 4. The lowest BCUT2D eigenvalue weighted by molar-refractivity contribution is -0.127. The van der Waals surface area contributed by atoms with E-state index >= 15 is 0 Å². The topological polar surface area (TPSA) is 42.4 Å². The van der Waals surface area contributed by atoms with E-state index in [1.54, 1.807) is 18.4 Å². The number of rotatable bonds is 4. The number of methoxy groups -OCH3 is 1. The van der Waals surface area contributed by atoms with E-state index in [2.05, 4.69) is 48.8 Å². The summed E-state index contributed by atoms with van der Waals surface area (Å²) >= 11 is 1.77. The van der Waals surface area contributed by atoms with Crippen LogP contribution in [-0.2, 0) is 11.3 Å². The zero-order valence-electron chi connectivity index (χ0n) is 16.9. The number of thiophene rings is 1. The van der Waals surface area contributed by atoms with Crippen LogP contribution in [0, 0.1) is 13.8 Å². The van der Waals surface area contributed by atoms with Gasteiger partial charge in [0.25, 0.3) is 0 Å². The van der Waals surface area contributed by atoms with Crippen LogP contribution in [0.2, 0.25) is 0 Å². The molecule has 4 nitrogen and oxygen atoms in total. The van der Waals surface area contributed by atoms with E-state index in [0.717, 1.165) is 16.8 Å². The number of aryl methyl sites for hydroxylation is 2. The molecule has 0 spiro atoms. The zero-order chi connectivity index (χ0) is 20.5. The Balaban J connectivity index is 1.87. The van der Waals surface area contributed by atoms with Crippen molar-refractivity contribution in [3.63, 3.8) is 0 Å². The van der Waals surface area contributed by atoms with Gasteiger partial charge in [-0.2, -0.15) is 0 Å². The van der Waals surface area contributed by atoms with Gasteiger partial charge < -0.3 is 9.64 Å². The highest BCUT2D eigenvalue weighted by Gasteiger charge is 2.31. The van der Waals surface area contributed by atoms with Gasteiger partial charge in [0.15, 0.2) is 0 Å². The van der Waals surface area contributed by atoms with E-state index in [1.165, 1.54) is 27.0 Å². The molecule has 0 unspecified atom stereocenters. The Morgan fingerprint density at radius 3 is 2.76 bits per heavy atom. The van der Waals surface area contributed by atoms with E-state index in [-0.39, 0.29) is 11.8 Å². The fraction of sp³-hybridized carbons (Fsp3) is 0.250. The average molecular weight is 405 g/mol. The molecule has 5 heteroatoms. The number of fused-ring (bicyclic) bond motifs is 1. The third-order valence-electron chi connectivity index (χ3n) is 5.38. The molecule has 0 saturated heterocycles. The van der Waals surface area contributed by atoms with Crippen molar-refractivity contribution in [3.8, 4) is 17.0 Å². The maximum atomic E-state index is 12.4. The molecule has 3 heterocycles. The standard InChI is InChI=1S/C24H24N2O2S/c1-5-23(27)26-13-21(20-12-16(3)29-22(20)14-26)18-9-7-6-8-17(18)19-11-10-15(2)25-24(19)28-4/h5-12,21H,1,13-14H2,2-4H3/t21-/m0/s1. The lowest BCUT2D eigenvalue weighted by atomic mass is 9.84. The maximum Gasteiger partial charge on any atom is 0.246 e. The summed E-state index contributed by atoms with van der Waals surface area (Å²) in [4.78, 5) is 21.4. The predicted molar refractivity (Wildman–Crippen MR) is 117 cm³/mol. The van der Waals surface area contributed by atoms with E-state index in [4.69, 9.17) is 4.74 Å². The van der Waals surface area contributed by atoms with Gasteiger partial charge in [0.2, 0.25) is 11.8 Å². The summed E-state index contributed by atoms with van der Waals surface area (Å²) in [6.45, 7) is 9.04. The van der Waals surface area contributed by atoms with E-state index in [0.29, 0.717) is 19.0 Å². The van der Waals surface area contributed by atoms with Crippen molar-refractivity contribution in [2.45, 2.75) is 26.3 Å².